The van der Waals surface area contributed by atoms with Gasteiger partial charge in [-0.2, -0.15) is 0 Å². The molecule has 1 radical (unpaired) electrons. The van der Waals surface area contributed by atoms with Gasteiger partial charge in [-0.05, 0) is 30.3 Å². The lowest BCUT2D eigenvalue weighted by molar-refractivity contribution is -0.134. The second-order valence-corrected chi connectivity index (χ2v) is 6.25. The van der Waals surface area contributed by atoms with Crippen LogP contribution in [0.1, 0.15) is 17.3 Å². The third kappa shape index (κ3) is 3.89. The third-order valence-corrected chi connectivity index (χ3v) is 4.39. The van der Waals surface area contributed by atoms with E-state index in [4.69, 9.17) is 5.73 Å². The number of pyridine rings is 1. The third-order valence-electron chi connectivity index (χ3n) is 4.39. The van der Waals surface area contributed by atoms with Crippen molar-refractivity contribution in [2.75, 3.05) is 6.54 Å². The molecule has 3 amide bonds. The highest BCUT2D eigenvalue weighted by Gasteiger charge is 2.38. The summed E-state index contributed by atoms with van der Waals surface area (Å²) in [5, 5.41) is 2.77. The summed E-state index contributed by atoms with van der Waals surface area (Å²) in [6.45, 7) is 1.53. The molecule has 1 aromatic heterocycles. The fraction of sp³-hybridized carbons (Fsp3) is 0.211. The smallest absolute Gasteiger partial charge is 0.255 e. The van der Waals surface area contributed by atoms with Crippen molar-refractivity contribution in [3.63, 3.8) is 0 Å². The number of nitrogens with zero attached hydrogens (tertiary/aromatic N) is 2. The monoisotopic (exact) mass is 367 g/mol. The molecule has 2 atom stereocenters. The number of nitrogens with one attached hydrogen (secondary N) is 1. The molecule has 1 aliphatic rings. The van der Waals surface area contributed by atoms with E-state index in [2.05, 4.69) is 5.32 Å². The highest BCUT2D eigenvalue weighted by Crippen LogP contribution is 2.17. The molecule has 27 heavy (non-hydrogen) atoms. The molecular formula is C19H19N4O4. The highest BCUT2D eigenvalue weighted by atomic mass is 16.2. The molecule has 2 unspecified atom stereocenters. The number of carbonyl (C=O) groups is 3. The Morgan fingerprint density at radius 2 is 1.81 bits per heavy atom. The highest BCUT2D eigenvalue weighted by molar-refractivity contribution is 5.95. The Labute approximate surface area is 155 Å². The van der Waals surface area contributed by atoms with Gasteiger partial charge in [-0.3, -0.25) is 23.7 Å². The van der Waals surface area contributed by atoms with Gasteiger partial charge in [-0.25, -0.2) is 0 Å². The summed E-state index contributed by atoms with van der Waals surface area (Å²) < 4.78 is 1.47. The maximum Gasteiger partial charge on any atom is 0.255 e. The SMILES string of the molecule is CC(=O)N1CC(NC(=O)c2ccc(-n3ccccc3=O)cc2)[CH]C1C(N)=O. The first-order valence-corrected chi connectivity index (χ1v) is 8.37. The minimum absolute atomic E-state index is 0.169. The number of likely N-dealkylation sites (tertiary alicyclic amines) is 1. The lowest BCUT2D eigenvalue weighted by atomic mass is 10.1. The molecule has 3 rings (SSSR count). The van der Waals surface area contributed by atoms with Gasteiger partial charge in [0.05, 0.1) is 6.04 Å². The molecule has 8 nitrogen and oxygen atoms in total. The Kier molecular flexibility index (Phi) is 5.07. The molecule has 2 heterocycles. The average Bonchev–Trinajstić information content (AvgIpc) is 3.07. The van der Waals surface area contributed by atoms with E-state index in [1.807, 2.05) is 0 Å². The molecule has 1 fully saturated rings. The van der Waals surface area contributed by atoms with Gasteiger partial charge in [0.1, 0.15) is 6.04 Å². The molecular weight excluding hydrogens is 348 g/mol. The summed E-state index contributed by atoms with van der Waals surface area (Å²) in [5.74, 6) is -1.28. The molecule has 1 aliphatic heterocycles. The first-order chi connectivity index (χ1) is 12.9. The number of amides is 3. The maximum absolute atomic E-state index is 12.4. The molecule has 2 aromatic rings. The molecule has 3 N–H and O–H groups in total. The first-order valence-electron chi connectivity index (χ1n) is 8.37. The van der Waals surface area contributed by atoms with Crippen molar-refractivity contribution in [1.82, 2.24) is 14.8 Å². The number of carbonyl (C=O) groups excluding carboxylic acids is 3. The molecule has 1 aromatic carbocycles. The minimum atomic E-state index is -0.833. The molecule has 139 valence electrons. The van der Waals surface area contributed by atoms with Gasteiger partial charge in [0.25, 0.3) is 11.5 Å². The summed E-state index contributed by atoms with van der Waals surface area (Å²) >= 11 is 0. The molecule has 0 saturated carbocycles. The number of benzene rings is 1. The molecule has 0 bridgehead atoms. The van der Waals surface area contributed by atoms with E-state index in [9.17, 15) is 19.2 Å². The number of primary amides is 1. The summed E-state index contributed by atoms with van der Waals surface area (Å²) in [6.07, 6.45) is 3.20. The Bertz CT molecular complexity index is 913. The minimum Gasteiger partial charge on any atom is -0.368 e. The lowest BCUT2D eigenvalue weighted by Crippen LogP contribution is -2.43. The molecule has 0 aliphatic carbocycles. The molecule has 8 heteroatoms. The zero-order valence-corrected chi connectivity index (χ0v) is 14.7. The van der Waals surface area contributed by atoms with Crippen LogP contribution in [-0.2, 0) is 9.59 Å². The largest absolute Gasteiger partial charge is 0.368 e. The zero-order chi connectivity index (χ0) is 19.6. The number of hydrogen-bond acceptors (Lipinski definition) is 4. The standard InChI is InChI=1S/C19H19N4O4/c1-12(24)23-11-14(10-16(23)18(20)26)21-19(27)13-5-7-15(8-6-13)22-9-3-2-4-17(22)25/h2-10,14,16H,11H2,1H3,(H2,20,26)(H,21,27). The van der Waals surface area contributed by atoms with Crippen molar-refractivity contribution in [1.29, 1.82) is 0 Å². The number of aromatic nitrogens is 1. The average molecular weight is 367 g/mol. The number of nitrogens with two attached hydrogens (primary N) is 1. The van der Waals surface area contributed by atoms with E-state index < -0.39 is 18.0 Å². The lowest BCUT2D eigenvalue weighted by Gasteiger charge is -2.19. The van der Waals surface area contributed by atoms with Gasteiger partial charge in [-0.15, -0.1) is 0 Å². The maximum atomic E-state index is 12.4. The predicted molar refractivity (Wildman–Crippen MR) is 98.0 cm³/mol. The van der Waals surface area contributed by atoms with Crippen LogP contribution >= 0.6 is 0 Å². The van der Waals surface area contributed by atoms with E-state index >= 15 is 0 Å². The Morgan fingerprint density at radius 3 is 2.37 bits per heavy atom. The Morgan fingerprint density at radius 1 is 1.11 bits per heavy atom. The van der Waals surface area contributed by atoms with Crippen LogP contribution in [0, 0.1) is 6.42 Å². The van der Waals surface area contributed by atoms with E-state index in [-0.39, 0.29) is 23.9 Å². The molecule has 1 saturated heterocycles. The molecule has 0 spiro atoms. The van der Waals surface area contributed by atoms with Crippen molar-refractivity contribution >= 4 is 17.7 Å². The fourth-order valence-electron chi connectivity index (χ4n) is 3.04. The van der Waals surface area contributed by atoms with Crippen LogP contribution < -0.4 is 16.6 Å². The summed E-state index contributed by atoms with van der Waals surface area (Å²) in [7, 11) is 0. The van der Waals surface area contributed by atoms with Crippen molar-refractivity contribution in [2.24, 2.45) is 5.73 Å². The first kappa shape index (κ1) is 18.4. The van der Waals surface area contributed by atoms with Crippen molar-refractivity contribution in [3.8, 4) is 5.69 Å². The van der Waals surface area contributed by atoms with Crippen LogP contribution in [0.5, 0.6) is 0 Å². The van der Waals surface area contributed by atoms with E-state index in [1.54, 1.807) is 49.0 Å². The van der Waals surface area contributed by atoms with Crippen molar-refractivity contribution in [2.45, 2.75) is 19.0 Å². The van der Waals surface area contributed by atoms with Crippen LogP contribution in [0.4, 0.5) is 0 Å². The normalized spacial score (nSPS) is 18.9. The van der Waals surface area contributed by atoms with Crippen molar-refractivity contribution in [3.05, 3.63) is 71.0 Å². The van der Waals surface area contributed by atoms with Crippen LogP contribution in [0.25, 0.3) is 5.69 Å². The number of rotatable bonds is 4. The van der Waals surface area contributed by atoms with Crippen LogP contribution in [0.3, 0.4) is 0 Å². The van der Waals surface area contributed by atoms with Crippen LogP contribution in [-0.4, -0.2) is 45.8 Å². The van der Waals surface area contributed by atoms with Crippen LogP contribution in [0.2, 0.25) is 0 Å². The Hall–Kier alpha value is -3.42. The quantitative estimate of drug-likeness (QED) is 0.782. The van der Waals surface area contributed by atoms with Gasteiger partial charge in [0.2, 0.25) is 11.8 Å². The van der Waals surface area contributed by atoms with E-state index in [0.29, 0.717) is 11.3 Å². The zero-order valence-electron chi connectivity index (χ0n) is 14.7. The van der Waals surface area contributed by atoms with Gasteiger partial charge >= 0.3 is 0 Å². The predicted octanol–water partition coefficient (Wildman–Crippen LogP) is -0.144. The van der Waals surface area contributed by atoms with Gasteiger partial charge in [-0.1, -0.05) is 6.07 Å². The van der Waals surface area contributed by atoms with E-state index in [1.165, 1.54) is 22.5 Å². The summed E-state index contributed by atoms with van der Waals surface area (Å²) in [5.41, 5.74) is 6.18. The van der Waals surface area contributed by atoms with Crippen LogP contribution in [0.15, 0.2) is 53.5 Å². The fourth-order valence-corrected chi connectivity index (χ4v) is 3.04. The summed E-state index contributed by atoms with van der Waals surface area (Å²) in [6, 6.07) is 10.1. The number of hydrogen-bond donors (Lipinski definition) is 2. The van der Waals surface area contributed by atoms with E-state index in [0.717, 1.165) is 0 Å². The van der Waals surface area contributed by atoms with Gasteiger partial charge in [0.15, 0.2) is 0 Å². The topological polar surface area (TPSA) is 114 Å². The second-order valence-electron chi connectivity index (χ2n) is 6.25. The van der Waals surface area contributed by atoms with Crippen molar-refractivity contribution < 1.29 is 14.4 Å². The summed E-state index contributed by atoms with van der Waals surface area (Å²) in [4.78, 5) is 48.7. The van der Waals surface area contributed by atoms with Gasteiger partial charge < -0.3 is 16.0 Å². The second kappa shape index (κ2) is 7.45. The van der Waals surface area contributed by atoms with Gasteiger partial charge in [0, 0.05) is 43.4 Å². The Balaban J connectivity index is 1.70.